The van der Waals surface area contributed by atoms with E-state index in [1.807, 2.05) is 25.8 Å². The van der Waals surface area contributed by atoms with Gasteiger partial charge in [0, 0.05) is 27.2 Å². The highest BCUT2D eigenvalue weighted by atomic mass is 32.1. The van der Waals surface area contributed by atoms with Crippen molar-refractivity contribution in [1.29, 1.82) is 0 Å². The molecule has 0 aliphatic rings. The van der Waals surface area contributed by atoms with Crippen molar-refractivity contribution in [2.24, 2.45) is 0 Å². The van der Waals surface area contributed by atoms with E-state index in [4.69, 9.17) is 5.73 Å². The van der Waals surface area contributed by atoms with Gasteiger partial charge in [-0.05, 0) is 13.8 Å². The summed E-state index contributed by atoms with van der Waals surface area (Å²) in [5.41, 5.74) is 5.82. The minimum atomic E-state index is -0.262. The standard InChI is InChI=1S/C12H21N5O2S/c1-5-16(4)12-15-10(13)9(20-12)11(19)17(6-2)7-8(18)14-3/h5-7,13H2,1-4H3,(H,14,18). The summed E-state index contributed by atoms with van der Waals surface area (Å²) in [6.07, 6.45) is 0. The van der Waals surface area contributed by atoms with Gasteiger partial charge in [0.15, 0.2) is 5.13 Å². The molecule has 0 fully saturated rings. The maximum atomic E-state index is 12.4. The normalized spacial score (nSPS) is 10.2. The van der Waals surface area contributed by atoms with Gasteiger partial charge in [-0.3, -0.25) is 9.59 Å². The van der Waals surface area contributed by atoms with Crippen LogP contribution in [0.2, 0.25) is 0 Å². The van der Waals surface area contributed by atoms with Crippen LogP contribution in [0, 0.1) is 0 Å². The van der Waals surface area contributed by atoms with Crippen molar-refractivity contribution in [3.05, 3.63) is 4.88 Å². The smallest absolute Gasteiger partial charge is 0.268 e. The molecule has 7 nitrogen and oxygen atoms in total. The summed E-state index contributed by atoms with van der Waals surface area (Å²) in [5.74, 6) is -0.262. The van der Waals surface area contributed by atoms with Gasteiger partial charge in [-0.15, -0.1) is 0 Å². The molecule has 3 N–H and O–H groups in total. The van der Waals surface area contributed by atoms with Gasteiger partial charge in [0.25, 0.3) is 5.91 Å². The first-order valence-electron chi connectivity index (χ1n) is 6.41. The molecule has 20 heavy (non-hydrogen) atoms. The molecule has 1 rings (SSSR count). The molecule has 8 heteroatoms. The van der Waals surface area contributed by atoms with Crippen molar-refractivity contribution in [2.75, 3.05) is 44.4 Å². The maximum Gasteiger partial charge on any atom is 0.268 e. The number of carbonyl (C=O) groups is 2. The molecule has 0 aliphatic heterocycles. The average Bonchev–Trinajstić information content (AvgIpc) is 2.84. The number of anilines is 2. The van der Waals surface area contributed by atoms with Crippen LogP contribution in [0.1, 0.15) is 23.5 Å². The Balaban J connectivity index is 2.95. The zero-order chi connectivity index (χ0) is 15.3. The number of nitrogens with one attached hydrogen (secondary N) is 1. The van der Waals surface area contributed by atoms with E-state index in [1.165, 1.54) is 23.3 Å². The molecule has 0 spiro atoms. The Hall–Kier alpha value is -1.83. The highest BCUT2D eigenvalue weighted by Crippen LogP contribution is 2.28. The number of amides is 2. The van der Waals surface area contributed by atoms with E-state index in [0.29, 0.717) is 16.6 Å². The first kappa shape index (κ1) is 16.2. The van der Waals surface area contributed by atoms with Gasteiger partial charge in [-0.2, -0.15) is 0 Å². The van der Waals surface area contributed by atoms with Gasteiger partial charge in [0.1, 0.15) is 10.7 Å². The Morgan fingerprint density at radius 1 is 1.35 bits per heavy atom. The first-order chi connectivity index (χ1) is 9.44. The summed E-state index contributed by atoms with van der Waals surface area (Å²) in [5, 5.41) is 3.20. The second kappa shape index (κ2) is 7.09. The number of rotatable bonds is 6. The number of nitrogens with zero attached hydrogens (tertiary/aromatic N) is 3. The SMILES string of the molecule is CCN(CC(=O)NC)C(=O)c1sc(N(C)CC)nc1N. The number of nitrogens with two attached hydrogens (primary N) is 1. The minimum absolute atomic E-state index is 0.0160. The third kappa shape index (κ3) is 3.60. The maximum absolute atomic E-state index is 12.4. The van der Waals surface area contributed by atoms with Crippen LogP contribution in [0.3, 0.4) is 0 Å². The van der Waals surface area contributed by atoms with Gasteiger partial charge in [-0.25, -0.2) is 4.98 Å². The molecule has 0 aromatic carbocycles. The largest absolute Gasteiger partial charge is 0.382 e. The quantitative estimate of drug-likeness (QED) is 0.793. The lowest BCUT2D eigenvalue weighted by Gasteiger charge is -2.19. The molecule has 0 saturated heterocycles. The Bertz CT molecular complexity index is 488. The molecule has 0 radical (unpaired) electrons. The molecular formula is C12H21N5O2S. The van der Waals surface area contributed by atoms with Crippen LogP contribution in [0.5, 0.6) is 0 Å². The van der Waals surface area contributed by atoms with Crippen molar-refractivity contribution >= 4 is 34.1 Å². The molecule has 1 aromatic rings. The van der Waals surface area contributed by atoms with E-state index in [2.05, 4.69) is 10.3 Å². The fourth-order valence-electron chi connectivity index (χ4n) is 1.50. The number of hydrogen-bond donors (Lipinski definition) is 2. The van der Waals surface area contributed by atoms with Gasteiger partial charge < -0.3 is 20.9 Å². The number of likely N-dealkylation sites (N-methyl/N-ethyl adjacent to an activating group) is 2. The second-order valence-electron chi connectivity index (χ2n) is 4.22. The monoisotopic (exact) mass is 299 g/mol. The molecule has 1 aromatic heterocycles. The summed E-state index contributed by atoms with van der Waals surface area (Å²) in [6, 6.07) is 0. The Labute approximate surface area is 122 Å². The predicted octanol–water partition coefficient (Wildman–Crippen LogP) is 0.390. The van der Waals surface area contributed by atoms with Crippen LogP contribution in [0.25, 0.3) is 0 Å². The second-order valence-corrected chi connectivity index (χ2v) is 5.20. The van der Waals surface area contributed by atoms with E-state index in [0.717, 1.165) is 6.54 Å². The fourth-order valence-corrected chi connectivity index (χ4v) is 2.47. The third-order valence-electron chi connectivity index (χ3n) is 2.92. The van der Waals surface area contributed by atoms with Crippen LogP contribution >= 0.6 is 11.3 Å². The lowest BCUT2D eigenvalue weighted by Crippen LogP contribution is -2.39. The number of aromatic nitrogens is 1. The summed E-state index contributed by atoms with van der Waals surface area (Å²) >= 11 is 1.25. The highest BCUT2D eigenvalue weighted by Gasteiger charge is 2.23. The molecule has 0 saturated carbocycles. The molecule has 0 atom stereocenters. The van der Waals surface area contributed by atoms with Crippen LogP contribution in [0.15, 0.2) is 0 Å². The number of nitrogen functional groups attached to an aromatic ring is 1. The molecule has 112 valence electrons. The van der Waals surface area contributed by atoms with Gasteiger partial charge in [-0.1, -0.05) is 11.3 Å². The van der Waals surface area contributed by atoms with Crippen LogP contribution in [0.4, 0.5) is 10.9 Å². The van der Waals surface area contributed by atoms with Crippen molar-refractivity contribution in [1.82, 2.24) is 15.2 Å². The summed E-state index contributed by atoms with van der Waals surface area (Å²) in [7, 11) is 3.42. The van der Waals surface area contributed by atoms with E-state index < -0.39 is 0 Å². The summed E-state index contributed by atoms with van der Waals surface area (Å²) < 4.78 is 0. The van der Waals surface area contributed by atoms with E-state index >= 15 is 0 Å². The number of carbonyl (C=O) groups excluding carboxylic acids is 2. The number of thiazole rings is 1. The molecular weight excluding hydrogens is 278 g/mol. The topological polar surface area (TPSA) is 91.6 Å². The molecule has 1 heterocycles. The molecule has 0 unspecified atom stereocenters. The van der Waals surface area contributed by atoms with Crippen LogP contribution in [-0.2, 0) is 4.79 Å². The van der Waals surface area contributed by atoms with Crippen LogP contribution in [-0.4, -0.2) is 55.4 Å². The minimum Gasteiger partial charge on any atom is -0.382 e. The summed E-state index contributed by atoms with van der Waals surface area (Å²) in [6.45, 7) is 5.03. The molecule has 2 amide bonds. The van der Waals surface area contributed by atoms with Gasteiger partial charge in [0.2, 0.25) is 5.91 Å². The Morgan fingerprint density at radius 3 is 2.50 bits per heavy atom. The molecule has 0 aliphatic carbocycles. The van der Waals surface area contributed by atoms with Crippen LogP contribution < -0.4 is 16.0 Å². The Morgan fingerprint density at radius 2 is 2.00 bits per heavy atom. The fraction of sp³-hybridized carbons (Fsp3) is 0.583. The number of hydrogen-bond acceptors (Lipinski definition) is 6. The zero-order valence-electron chi connectivity index (χ0n) is 12.3. The Kier molecular flexibility index (Phi) is 5.75. The van der Waals surface area contributed by atoms with Crippen molar-refractivity contribution in [3.63, 3.8) is 0 Å². The van der Waals surface area contributed by atoms with E-state index in [9.17, 15) is 9.59 Å². The van der Waals surface area contributed by atoms with E-state index in [1.54, 1.807) is 0 Å². The lowest BCUT2D eigenvalue weighted by atomic mass is 10.3. The third-order valence-corrected chi connectivity index (χ3v) is 4.09. The van der Waals surface area contributed by atoms with E-state index in [-0.39, 0.29) is 24.2 Å². The predicted molar refractivity (Wildman–Crippen MR) is 81.1 cm³/mol. The van der Waals surface area contributed by atoms with Gasteiger partial charge >= 0.3 is 0 Å². The highest BCUT2D eigenvalue weighted by molar-refractivity contribution is 7.18. The summed E-state index contributed by atoms with van der Waals surface area (Å²) in [4.78, 5) is 31.7. The molecule has 0 bridgehead atoms. The zero-order valence-corrected chi connectivity index (χ0v) is 13.1. The van der Waals surface area contributed by atoms with Crippen molar-refractivity contribution < 1.29 is 9.59 Å². The lowest BCUT2D eigenvalue weighted by molar-refractivity contribution is -0.121. The van der Waals surface area contributed by atoms with Crippen molar-refractivity contribution in [2.45, 2.75) is 13.8 Å². The first-order valence-corrected chi connectivity index (χ1v) is 7.23. The average molecular weight is 299 g/mol. The van der Waals surface area contributed by atoms with Crippen molar-refractivity contribution in [3.8, 4) is 0 Å². The van der Waals surface area contributed by atoms with Gasteiger partial charge in [0.05, 0.1) is 6.54 Å².